The number of hydrogen-bond acceptors (Lipinski definition) is 5. The highest BCUT2D eigenvalue weighted by atomic mass is 32.1. The summed E-state index contributed by atoms with van der Waals surface area (Å²) in [6.07, 6.45) is 1.42. The SMILES string of the molecule is CC(=O)NCC(=O)N1CCCC1C(=O)NCc1ccc(-c2scnc2C)cc1. The summed E-state index contributed by atoms with van der Waals surface area (Å²) >= 11 is 1.61. The summed E-state index contributed by atoms with van der Waals surface area (Å²) in [7, 11) is 0. The minimum atomic E-state index is -0.472. The summed E-state index contributed by atoms with van der Waals surface area (Å²) in [4.78, 5) is 42.8. The van der Waals surface area contributed by atoms with E-state index in [1.54, 1.807) is 16.2 Å². The summed E-state index contributed by atoms with van der Waals surface area (Å²) in [5, 5.41) is 5.42. The molecular weight excluding hydrogens is 376 g/mol. The summed E-state index contributed by atoms with van der Waals surface area (Å²) in [5.41, 5.74) is 4.95. The standard InChI is InChI=1S/C20H24N4O3S/c1-13-19(28-12-23-13)16-7-5-15(6-8-16)10-22-20(27)17-4-3-9-24(17)18(26)11-21-14(2)25/h5-8,12,17H,3-4,9-11H2,1-2H3,(H,21,25)(H,22,27). The number of hydrogen-bond donors (Lipinski definition) is 2. The Morgan fingerprint density at radius 2 is 1.96 bits per heavy atom. The van der Waals surface area contributed by atoms with Gasteiger partial charge in [0.25, 0.3) is 0 Å². The Morgan fingerprint density at radius 3 is 2.61 bits per heavy atom. The van der Waals surface area contributed by atoms with E-state index in [0.717, 1.165) is 28.1 Å². The second kappa shape index (κ2) is 8.97. The number of carbonyl (C=O) groups excluding carboxylic acids is 3. The molecule has 1 aliphatic rings. The molecule has 2 heterocycles. The number of aromatic nitrogens is 1. The molecule has 0 bridgehead atoms. The van der Waals surface area contributed by atoms with Crippen molar-refractivity contribution in [3.63, 3.8) is 0 Å². The first-order valence-corrected chi connectivity index (χ1v) is 10.1. The third-order valence-electron chi connectivity index (χ3n) is 4.79. The van der Waals surface area contributed by atoms with Gasteiger partial charge < -0.3 is 15.5 Å². The summed E-state index contributed by atoms with van der Waals surface area (Å²) in [6, 6.07) is 7.56. The van der Waals surface area contributed by atoms with E-state index >= 15 is 0 Å². The van der Waals surface area contributed by atoms with Gasteiger partial charge in [-0.25, -0.2) is 4.98 Å². The molecule has 1 aromatic carbocycles. The van der Waals surface area contributed by atoms with Crippen LogP contribution in [0.1, 0.15) is 31.0 Å². The lowest BCUT2D eigenvalue weighted by molar-refractivity contribution is -0.138. The lowest BCUT2D eigenvalue weighted by Crippen LogP contribution is -2.48. The van der Waals surface area contributed by atoms with E-state index < -0.39 is 6.04 Å². The van der Waals surface area contributed by atoms with Crippen LogP contribution in [0.3, 0.4) is 0 Å². The molecule has 0 aliphatic carbocycles. The molecule has 1 fully saturated rings. The molecule has 2 N–H and O–H groups in total. The Labute approximate surface area is 168 Å². The molecule has 0 saturated carbocycles. The number of carbonyl (C=O) groups is 3. The average molecular weight is 401 g/mol. The van der Waals surface area contributed by atoms with Gasteiger partial charge in [0, 0.05) is 20.0 Å². The van der Waals surface area contributed by atoms with Gasteiger partial charge in [0.1, 0.15) is 6.04 Å². The molecule has 3 amide bonds. The smallest absolute Gasteiger partial charge is 0.243 e. The summed E-state index contributed by atoms with van der Waals surface area (Å²) < 4.78 is 0. The van der Waals surface area contributed by atoms with Crippen molar-refractivity contribution in [2.45, 2.75) is 39.3 Å². The predicted molar refractivity (Wildman–Crippen MR) is 108 cm³/mol. The van der Waals surface area contributed by atoms with Crippen LogP contribution in [-0.2, 0) is 20.9 Å². The van der Waals surface area contributed by atoms with Crippen LogP contribution in [-0.4, -0.2) is 46.7 Å². The molecule has 1 atom stereocenters. The molecule has 8 heteroatoms. The number of rotatable bonds is 6. The number of likely N-dealkylation sites (tertiary alicyclic amines) is 1. The zero-order valence-electron chi connectivity index (χ0n) is 16.0. The van der Waals surface area contributed by atoms with Crippen LogP contribution in [0, 0.1) is 6.92 Å². The Morgan fingerprint density at radius 1 is 1.21 bits per heavy atom. The fraction of sp³-hybridized carbons (Fsp3) is 0.400. The second-order valence-corrected chi connectivity index (χ2v) is 7.69. The van der Waals surface area contributed by atoms with E-state index in [1.165, 1.54) is 6.92 Å². The zero-order valence-corrected chi connectivity index (χ0v) is 16.8. The van der Waals surface area contributed by atoms with Gasteiger partial charge in [-0.1, -0.05) is 24.3 Å². The second-order valence-electron chi connectivity index (χ2n) is 6.84. The van der Waals surface area contributed by atoms with Crippen molar-refractivity contribution in [2.24, 2.45) is 0 Å². The number of benzene rings is 1. The molecule has 3 rings (SSSR count). The maximum absolute atomic E-state index is 12.6. The van der Waals surface area contributed by atoms with Gasteiger partial charge in [0.2, 0.25) is 17.7 Å². The van der Waals surface area contributed by atoms with Crippen molar-refractivity contribution < 1.29 is 14.4 Å². The fourth-order valence-electron chi connectivity index (χ4n) is 3.30. The minimum Gasteiger partial charge on any atom is -0.350 e. The number of nitrogens with one attached hydrogen (secondary N) is 2. The van der Waals surface area contributed by atoms with Crippen LogP contribution in [0.2, 0.25) is 0 Å². The van der Waals surface area contributed by atoms with Crippen LogP contribution >= 0.6 is 11.3 Å². The molecule has 1 aliphatic heterocycles. The lowest BCUT2D eigenvalue weighted by Gasteiger charge is -2.24. The van der Waals surface area contributed by atoms with Crippen LogP contribution in [0.5, 0.6) is 0 Å². The van der Waals surface area contributed by atoms with E-state index in [2.05, 4.69) is 15.6 Å². The topological polar surface area (TPSA) is 91.4 Å². The van der Waals surface area contributed by atoms with Gasteiger partial charge in [0.05, 0.1) is 22.6 Å². The summed E-state index contributed by atoms with van der Waals surface area (Å²) in [6.45, 7) is 4.23. The lowest BCUT2D eigenvalue weighted by atomic mass is 10.1. The van der Waals surface area contributed by atoms with Crippen molar-refractivity contribution >= 4 is 29.1 Å². The normalized spacial score (nSPS) is 16.1. The highest BCUT2D eigenvalue weighted by Crippen LogP contribution is 2.27. The molecule has 2 aromatic rings. The quantitative estimate of drug-likeness (QED) is 0.774. The van der Waals surface area contributed by atoms with Gasteiger partial charge in [0.15, 0.2) is 0 Å². The van der Waals surface area contributed by atoms with Gasteiger partial charge in [-0.2, -0.15) is 0 Å². The van der Waals surface area contributed by atoms with E-state index in [-0.39, 0.29) is 24.3 Å². The van der Waals surface area contributed by atoms with Crippen molar-refractivity contribution in [1.82, 2.24) is 20.5 Å². The highest BCUT2D eigenvalue weighted by Gasteiger charge is 2.33. The van der Waals surface area contributed by atoms with Gasteiger partial charge >= 0.3 is 0 Å². The monoisotopic (exact) mass is 400 g/mol. The van der Waals surface area contributed by atoms with Crippen molar-refractivity contribution in [3.05, 3.63) is 41.0 Å². The van der Waals surface area contributed by atoms with Gasteiger partial charge in [-0.15, -0.1) is 11.3 Å². The first-order valence-electron chi connectivity index (χ1n) is 9.26. The number of aryl methyl sites for hydroxylation is 1. The molecule has 0 spiro atoms. The molecular formula is C20H24N4O3S. The van der Waals surface area contributed by atoms with Crippen LogP contribution in [0.4, 0.5) is 0 Å². The van der Waals surface area contributed by atoms with E-state index in [0.29, 0.717) is 19.5 Å². The van der Waals surface area contributed by atoms with Crippen molar-refractivity contribution in [2.75, 3.05) is 13.1 Å². The Hall–Kier alpha value is -2.74. The number of thiazole rings is 1. The molecule has 0 radical (unpaired) electrons. The maximum atomic E-state index is 12.6. The highest BCUT2D eigenvalue weighted by molar-refractivity contribution is 7.13. The van der Waals surface area contributed by atoms with Crippen LogP contribution in [0.15, 0.2) is 29.8 Å². The first kappa shape index (κ1) is 20.0. The predicted octanol–water partition coefficient (Wildman–Crippen LogP) is 1.86. The molecule has 1 aromatic heterocycles. The third-order valence-corrected chi connectivity index (χ3v) is 5.77. The van der Waals surface area contributed by atoms with Crippen LogP contribution < -0.4 is 10.6 Å². The first-order chi connectivity index (χ1) is 13.5. The van der Waals surface area contributed by atoms with Gasteiger partial charge in [-0.05, 0) is 30.9 Å². The molecule has 1 saturated heterocycles. The average Bonchev–Trinajstić information content (AvgIpc) is 3.33. The van der Waals surface area contributed by atoms with Crippen molar-refractivity contribution in [3.8, 4) is 10.4 Å². The molecule has 1 unspecified atom stereocenters. The molecule has 28 heavy (non-hydrogen) atoms. The third kappa shape index (κ3) is 4.75. The molecule has 7 nitrogen and oxygen atoms in total. The minimum absolute atomic E-state index is 0.0719. The van der Waals surface area contributed by atoms with Crippen LogP contribution in [0.25, 0.3) is 10.4 Å². The Bertz CT molecular complexity index is 863. The number of amides is 3. The van der Waals surface area contributed by atoms with Crippen molar-refractivity contribution in [1.29, 1.82) is 0 Å². The Kier molecular flexibility index (Phi) is 6.41. The van der Waals surface area contributed by atoms with E-state index in [4.69, 9.17) is 0 Å². The fourth-order valence-corrected chi connectivity index (χ4v) is 4.11. The zero-order chi connectivity index (χ0) is 20.1. The van der Waals surface area contributed by atoms with Gasteiger partial charge in [-0.3, -0.25) is 14.4 Å². The number of nitrogens with zero attached hydrogens (tertiary/aromatic N) is 2. The summed E-state index contributed by atoms with van der Waals surface area (Å²) in [5.74, 6) is -0.640. The largest absolute Gasteiger partial charge is 0.350 e. The molecule has 148 valence electrons. The van der Waals surface area contributed by atoms with E-state index in [1.807, 2.05) is 36.7 Å². The van der Waals surface area contributed by atoms with E-state index in [9.17, 15) is 14.4 Å². The Balaban J connectivity index is 1.55. The maximum Gasteiger partial charge on any atom is 0.243 e.